The molecule has 0 bridgehead atoms. The van der Waals surface area contributed by atoms with Crippen LogP contribution < -0.4 is 10.1 Å². The number of benzene rings is 2. The Bertz CT molecular complexity index is 1050. The molecule has 5 N–H and O–H groups in total. The molecule has 0 aliphatic carbocycles. The molecule has 1 amide bonds. The number of carbonyl (C=O) groups excluding carboxylic acids is 1. The summed E-state index contributed by atoms with van der Waals surface area (Å²) in [6.07, 6.45) is -4.85. The topological polar surface area (TPSA) is 128 Å². The van der Waals surface area contributed by atoms with Crippen molar-refractivity contribution in [1.82, 2.24) is 5.32 Å². The Labute approximate surface area is 190 Å². The number of carbonyl (C=O) groups is 1. The first-order chi connectivity index (χ1) is 15.2. The highest BCUT2D eigenvalue weighted by Gasteiger charge is 2.58. The molecule has 2 heterocycles. The number of aryl methyl sites for hydroxylation is 1. The molecule has 4 rings (SSSR count). The van der Waals surface area contributed by atoms with E-state index in [9.17, 15) is 25.2 Å². The van der Waals surface area contributed by atoms with Gasteiger partial charge in [0.2, 0.25) is 6.29 Å². The average molecular weight is 464 g/mol. The molecule has 9 heteroatoms. The molecule has 2 aliphatic heterocycles. The van der Waals surface area contributed by atoms with Gasteiger partial charge < -0.3 is 35.2 Å². The fraction of sp³-hybridized carbons (Fsp3) is 0.435. The van der Waals surface area contributed by atoms with Crippen LogP contribution >= 0.6 is 11.6 Å². The Balaban J connectivity index is 1.77. The molecule has 2 aromatic rings. The molecule has 172 valence electrons. The summed E-state index contributed by atoms with van der Waals surface area (Å²) in [7, 11) is 1.57. The van der Waals surface area contributed by atoms with E-state index in [1.807, 2.05) is 19.1 Å². The van der Waals surface area contributed by atoms with E-state index in [1.54, 1.807) is 25.2 Å². The second-order valence-corrected chi connectivity index (χ2v) is 8.62. The Hall–Kier alpha value is -2.20. The van der Waals surface area contributed by atoms with Gasteiger partial charge in [0.05, 0.1) is 11.6 Å². The van der Waals surface area contributed by atoms with Gasteiger partial charge in [0.1, 0.15) is 24.1 Å². The van der Waals surface area contributed by atoms with Crippen molar-refractivity contribution in [2.24, 2.45) is 0 Å². The van der Waals surface area contributed by atoms with Crippen molar-refractivity contribution >= 4 is 17.5 Å². The molecule has 0 saturated carbocycles. The van der Waals surface area contributed by atoms with Crippen molar-refractivity contribution in [2.45, 2.75) is 50.0 Å². The van der Waals surface area contributed by atoms with Crippen molar-refractivity contribution in [3.8, 4) is 16.9 Å². The second kappa shape index (κ2) is 8.62. The van der Waals surface area contributed by atoms with Gasteiger partial charge in [-0.15, -0.1) is 0 Å². The predicted molar refractivity (Wildman–Crippen MR) is 117 cm³/mol. The zero-order chi connectivity index (χ0) is 23.2. The third kappa shape index (κ3) is 3.77. The van der Waals surface area contributed by atoms with Gasteiger partial charge in [-0.1, -0.05) is 24.6 Å². The SMILES string of the molecule is CCc1cc(C(=O)NC)cc(-c2cc(Cl)c3c(c2)CC2(O)C(O3)OC(CO)C(O)C2O)c1. The van der Waals surface area contributed by atoms with Crippen LogP contribution in [0.2, 0.25) is 5.02 Å². The Morgan fingerprint density at radius 3 is 2.59 bits per heavy atom. The van der Waals surface area contributed by atoms with Gasteiger partial charge in [-0.25, -0.2) is 0 Å². The monoisotopic (exact) mass is 463 g/mol. The Morgan fingerprint density at radius 1 is 1.22 bits per heavy atom. The highest BCUT2D eigenvalue weighted by molar-refractivity contribution is 6.32. The molecule has 0 aromatic heterocycles. The zero-order valence-electron chi connectivity index (χ0n) is 17.7. The summed E-state index contributed by atoms with van der Waals surface area (Å²) in [5.74, 6) is 0.0875. The standard InChI is InChI=1S/C23H26ClNO7/c1-3-11-4-12(6-14(5-11)21(29)25-2)13-7-15-9-23(30)20(28)18(27)17(10-26)31-22(23)32-19(15)16(24)8-13/h4-8,17-18,20,22,26-28,30H,3,9-10H2,1-2H3,(H,25,29). The molecule has 1 fully saturated rings. The zero-order valence-corrected chi connectivity index (χ0v) is 18.5. The van der Waals surface area contributed by atoms with Crippen LogP contribution in [-0.2, 0) is 17.6 Å². The second-order valence-electron chi connectivity index (χ2n) is 8.21. The summed E-state index contributed by atoms with van der Waals surface area (Å²) in [5.41, 5.74) is 1.55. The summed E-state index contributed by atoms with van der Waals surface area (Å²) >= 11 is 6.51. The fourth-order valence-corrected chi connectivity index (χ4v) is 4.58. The number of rotatable bonds is 4. The van der Waals surface area contributed by atoms with Gasteiger partial charge in [0.15, 0.2) is 5.60 Å². The lowest BCUT2D eigenvalue weighted by atomic mass is 9.79. The minimum Gasteiger partial charge on any atom is -0.460 e. The minimum absolute atomic E-state index is 0.0906. The van der Waals surface area contributed by atoms with Crippen molar-refractivity contribution in [1.29, 1.82) is 0 Å². The van der Waals surface area contributed by atoms with Crippen LogP contribution in [0.15, 0.2) is 30.3 Å². The van der Waals surface area contributed by atoms with Gasteiger partial charge >= 0.3 is 0 Å². The van der Waals surface area contributed by atoms with E-state index in [2.05, 4.69) is 5.32 Å². The van der Waals surface area contributed by atoms with Gasteiger partial charge in [-0.05, 0) is 52.9 Å². The first-order valence-electron chi connectivity index (χ1n) is 10.4. The lowest BCUT2D eigenvalue weighted by Crippen LogP contribution is -2.70. The third-order valence-electron chi connectivity index (χ3n) is 6.15. The number of ether oxygens (including phenoxy) is 2. The molecule has 0 radical (unpaired) electrons. The third-order valence-corrected chi connectivity index (χ3v) is 6.43. The maximum atomic E-state index is 12.2. The molecule has 5 atom stereocenters. The number of aliphatic hydroxyl groups is 4. The molecule has 32 heavy (non-hydrogen) atoms. The van der Waals surface area contributed by atoms with Crippen molar-refractivity contribution in [3.05, 3.63) is 52.0 Å². The Morgan fingerprint density at radius 2 is 1.94 bits per heavy atom. The average Bonchev–Trinajstić information content (AvgIpc) is 2.80. The molecular weight excluding hydrogens is 438 g/mol. The number of hydrogen-bond donors (Lipinski definition) is 5. The molecule has 1 saturated heterocycles. The summed E-state index contributed by atoms with van der Waals surface area (Å²) in [6, 6.07) is 9.01. The highest BCUT2D eigenvalue weighted by Crippen LogP contribution is 2.45. The minimum atomic E-state index is -1.93. The van der Waals surface area contributed by atoms with Crippen LogP contribution in [0.4, 0.5) is 0 Å². The van der Waals surface area contributed by atoms with Crippen LogP contribution in [0.25, 0.3) is 11.1 Å². The maximum Gasteiger partial charge on any atom is 0.251 e. The van der Waals surface area contributed by atoms with Crippen molar-refractivity contribution in [2.75, 3.05) is 13.7 Å². The number of nitrogens with one attached hydrogen (secondary N) is 1. The van der Waals surface area contributed by atoms with Crippen LogP contribution in [0, 0.1) is 0 Å². The largest absolute Gasteiger partial charge is 0.460 e. The number of fused-ring (bicyclic) bond motifs is 2. The first-order valence-corrected chi connectivity index (χ1v) is 10.8. The molecule has 0 spiro atoms. The van der Waals surface area contributed by atoms with Gasteiger partial charge in [-0.2, -0.15) is 0 Å². The number of hydrogen-bond acceptors (Lipinski definition) is 7. The summed E-state index contributed by atoms with van der Waals surface area (Å²) < 4.78 is 11.3. The highest BCUT2D eigenvalue weighted by atomic mass is 35.5. The van der Waals surface area contributed by atoms with Crippen LogP contribution in [0.5, 0.6) is 5.75 Å². The lowest BCUT2D eigenvalue weighted by molar-refractivity contribution is -0.325. The smallest absolute Gasteiger partial charge is 0.251 e. The molecule has 8 nitrogen and oxygen atoms in total. The normalized spacial score (nSPS) is 29.0. The van der Waals surface area contributed by atoms with E-state index in [-0.39, 0.29) is 17.4 Å². The molecule has 2 aliphatic rings. The Kier molecular flexibility index (Phi) is 6.19. The quantitative estimate of drug-likeness (QED) is 0.458. The number of halogens is 1. The van der Waals surface area contributed by atoms with Crippen LogP contribution in [-0.4, -0.2) is 70.2 Å². The lowest BCUT2D eigenvalue weighted by Gasteiger charge is -2.50. The number of aliphatic hydroxyl groups excluding tert-OH is 3. The summed E-state index contributed by atoms with van der Waals surface area (Å²) in [6.45, 7) is 1.45. The van der Waals surface area contributed by atoms with E-state index in [1.165, 1.54) is 0 Å². The van der Waals surface area contributed by atoms with E-state index < -0.39 is 36.8 Å². The van der Waals surface area contributed by atoms with E-state index >= 15 is 0 Å². The van der Waals surface area contributed by atoms with E-state index in [0.29, 0.717) is 22.4 Å². The van der Waals surface area contributed by atoms with E-state index in [4.69, 9.17) is 21.1 Å². The molecule has 5 unspecified atom stereocenters. The fourth-order valence-electron chi connectivity index (χ4n) is 4.29. The van der Waals surface area contributed by atoms with E-state index in [0.717, 1.165) is 17.5 Å². The first kappa shape index (κ1) is 23.0. The molecule has 2 aromatic carbocycles. The van der Waals surface area contributed by atoms with Crippen LogP contribution in [0.1, 0.15) is 28.4 Å². The van der Waals surface area contributed by atoms with Gasteiger partial charge in [0.25, 0.3) is 5.91 Å². The van der Waals surface area contributed by atoms with Crippen molar-refractivity contribution in [3.63, 3.8) is 0 Å². The van der Waals surface area contributed by atoms with Crippen LogP contribution in [0.3, 0.4) is 0 Å². The molecular formula is C23H26ClNO7. The summed E-state index contributed by atoms with van der Waals surface area (Å²) in [5, 5.41) is 44.2. The van der Waals surface area contributed by atoms with Gasteiger partial charge in [0, 0.05) is 19.0 Å². The van der Waals surface area contributed by atoms with Gasteiger partial charge in [-0.3, -0.25) is 4.79 Å². The predicted octanol–water partition coefficient (Wildman–Crippen LogP) is 1.03. The van der Waals surface area contributed by atoms with Crippen molar-refractivity contribution < 1.29 is 34.7 Å². The number of amides is 1. The summed E-state index contributed by atoms with van der Waals surface area (Å²) in [4.78, 5) is 12.2. The maximum absolute atomic E-state index is 12.2.